The highest BCUT2D eigenvalue weighted by atomic mass is 35.5. The van der Waals surface area contributed by atoms with Gasteiger partial charge in [-0.2, -0.15) is 0 Å². The number of benzene rings is 2. The molecule has 0 unspecified atom stereocenters. The van der Waals surface area contributed by atoms with E-state index in [1.54, 1.807) is 24.3 Å². The van der Waals surface area contributed by atoms with E-state index in [0.29, 0.717) is 16.5 Å². The van der Waals surface area contributed by atoms with Gasteiger partial charge in [-0.15, -0.1) is 0 Å². The molecule has 0 aliphatic carbocycles. The van der Waals surface area contributed by atoms with E-state index >= 15 is 0 Å². The first-order valence-electron chi connectivity index (χ1n) is 5.99. The number of aromatic nitrogens is 2. The van der Waals surface area contributed by atoms with Crippen molar-refractivity contribution in [1.82, 2.24) is 9.97 Å². The summed E-state index contributed by atoms with van der Waals surface area (Å²) in [5.74, 6) is 0.201. The number of hydrogen-bond acceptors (Lipinski definition) is 4. The number of hydrogen-bond donors (Lipinski definition) is 1. The number of rotatable bonds is 2. The Labute approximate surface area is 123 Å². The molecular weight excluding hydrogens is 294 g/mol. The number of nitro benzene ring substituents is 1. The van der Waals surface area contributed by atoms with Crippen LogP contribution >= 0.6 is 11.6 Å². The average Bonchev–Trinajstić information content (AvgIpc) is 2.47. The topological polar surface area (TPSA) is 88.9 Å². The second-order valence-electron chi connectivity index (χ2n) is 4.35. The summed E-state index contributed by atoms with van der Waals surface area (Å²) >= 11 is 6.05. The van der Waals surface area contributed by atoms with Crippen molar-refractivity contribution in [3.05, 3.63) is 68.0 Å². The minimum absolute atomic E-state index is 0.120. The van der Waals surface area contributed by atoms with Gasteiger partial charge in [-0.1, -0.05) is 23.7 Å². The average molecular weight is 302 g/mol. The van der Waals surface area contributed by atoms with E-state index in [2.05, 4.69) is 9.97 Å². The fourth-order valence-electron chi connectivity index (χ4n) is 2.02. The SMILES string of the molecule is O=c1[nH]c(-c2cc([N+](=O)[O-])ccc2Cl)nc2ccccc12. The summed E-state index contributed by atoms with van der Waals surface area (Å²) in [6.45, 7) is 0. The molecule has 2 aromatic carbocycles. The van der Waals surface area contributed by atoms with Gasteiger partial charge in [0.25, 0.3) is 11.2 Å². The Bertz CT molecular complexity index is 921. The summed E-state index contributed by atoms with van der Waals surface area (Å²) < 4.78 is 0. The number of non-ortho nitro benzene ring substituents is 1. The second kappa shape index (κ2) is 4.99. The molecule has 0 spiro atoms. The van der Waals surface area contributed by atoms with Crippen molar-refractivity contribution in [3.8, 4) is 11.4 Å². The van der Waals surface area contributed by atoms with Gasteiger partial charge >= 0.3 is 0 Å². The zero-order valence-corrected chi connectivity index (χ0v) is 11.3. The number of halogens is 1. The molecule has 0 radical (unpaired) electrons. The van der Waals surface area contributed by atoms with E-state index in [-0.39, 0.29) is 22.1 Å². The molecule has 104 valence electrons. The smallest absolute Gasteiger partial charge is 0.270 e. The standard InChI is InChI=1S/C14H8ClN3O3/c15-11-6-5-8(18(20)21)7-10(11)13-16-12-4-2-1-3-9(12)14(19)17-13/h1-7H,(H,16,17,19). The van der Waals surface area contributed by atoms with Crippen LogP contribution < -0.4 is 5.56 Å². The van der Waals surface area contributed by atoms with Crippen molar-refractivity contribution in [1.29, 1.82) is 0 Å². The van der Waals surface area contributed by atoms with Crippen molar-refractivity contribution >= 4 is 28.2 Å². The highest BCUT2D eigenvalue weighted by molar-refractivity contribution is 6.33. The number of nitrogens with zero attached hydrogens (tertiary/aromatic N) is 2. The second-order valence-corrected chi connectivity index (χ2v) is 4.76. The molecule has 0 bridgehead atoms. The zero-order chi connectivity index (χ0) is 15.0. The van der Waals surface area contributed by atoms with Gasteiger partial charge in [0, 0.05) is 17.7 Å². The lowest BCUT2D eigenvalue weighted by Gasteiger charge is -2.05. The first kappa shape index (κ1) is 13.3. The molecule has 0 atom stereocenters. The van der Waals surface area contributed by atoms with Gasteiger partial charge in [-0.05, 0) is 18.2 Å². The Morgan fingerprint density at radius 2 is 1.95 bits per heavy atom. The van der Waals surface area contributed by atoms with E-state index in [1.165, 1.54) is 18.2 Å². The van der Waals surface area contributed by atoms with E-state index in [4.69, 9.17) is 11.6 Å². The fraction of sp³-hybridized carbons (Fsp3) is 0. The lowest BCUT2D eigenvalue weighted by molar-refractivity contribution is -0.384. The molecule has 3 rings (SSSR count). The van der Waals surface area contributed by atoms with E-state index < -0.39 is 4.92 Å². The van der Waals surface area contributed by atoms with Crippen LogP contribution in [0.1, 0.15) is 0 Å². The lowest BCUT2D eigenvalue weighted by atomic mass is 10.1. The first-order valence-corrected chi connectivity index (χ1v) is 6.37. The molecule has 1 N–H and O–H groups in total. The molecule has 0 fully saturated rings. The van der Waals surface area contributed by atoms with E-state index in [0.717, 1.165) is 0 Å². The molecule has 0 saturated heterocycles. The Morgan fingerprint density at radius 1 is 1.19 bits per heavy atom. The maximum Gasteiger partial charge on any atom is 0.270 e. The van der Waals surface area contributed by atoms with Crippen molar-refractivity contribution in [2.45, 2.75) is 0 Å². The van der Waals surface area contributed by atoms with Gasteiger partial charge in [-0.25, -0.2) is 4.98 Å². The zero-order valence-electron chi connectivity index (χ0n) is 10.5. The van der Waals surface area contributed by atoms with Crippen LogP contribution in [0.5, 0.6) is 0 Å². The molecule has 1 heterocycles. The van der Waals surface area contributed by atoms with Gasteiger partial charge in [-0.3, -0.25) is 14.9 Å². The van der Waals surface area contributed by atoms with Gasteiger partial charge in [0.15, 0.2) is 0 Å². The Kier molecular flexibility index (Phi) is 3.15. The molecule has 6 nitrogen and oxygen atoms in total. The summed E-state index contributed by atoms with van der Waals surface area (Å²) in [6, 6.07) is 10.8. The molecule has 0 aliphatic heterocycles. The molecule has 1 aromatic heterocycles. The van der Waals surface area contributed by atoms with Crippen molar-refractivity contribution < 1.29 is 4.92 Å². The lowest BCUT2D eigenvalue weighted by Crippen LogP contribution is -2.09. The fourth-order valence-corrected chi connectivity index (χ4v) is 2.23. The van der Waals surface area contributed by atoms with E-state index in [9.17, 15) is 14.9 Å². The quantitative estimate of drug-likeness (QED) is 0.581. The Balaban J connectivity index is 2.28. The van der Waals surface area contributed by atoms with Crippen LogP contribution in [-0.2, 0) is 0 Å². The van der Waals surface area contributed by atoms with Crippen LogP contribution in [0.2, 0.25) is 5.02 Å². The first-order chi connectivity index (χ1) is 10.1. The van der Waals surface area contributed by atoms with Crippen LogP contribution in [0.4, 0.5) is 5.69 Å². The third-order valence-corrected chi connectivity index (χ3v) is 3.36. The summed E-state index contributed by atoms with van der Waals surface area (Å²) in [5.41, 5.74) is 0.371. The van der Waals surface area contributed by atoms with Crippen molar-refractivity contribution in [3.63, 3.8) is 0 Å². The summed E-state index contributed by atoms with van der Waals surface area (Å²) in [6.07, 6.45) is 0. The molecule has 0 saturated carbocycles. The third-order valence-electron chi connectivity index (χ3n) is 3.03. The van der Waals surface area contributed by atoms with Crippen LogP contribution in [0.15, 0.2) is 47.3 Å². The summed E-state index contributed by atoms with van der Waals surface area (Å²) in [7, 11) is 0. The highest BCUT2D eigenvalue weighted by Crippen LogP contribution is 2.29. The normalized spacial score (nSPS) is 10.7. The van der Waals surface area contributed by atoms with Crippen LogP contribution in [-0.4, -0.2) is 14.9 Å². The van der Waals surface area contributed by atoms with Crippen LogP contribution in [0, 0.1) is 10.1 Å². The summed E-state index contributed by atoms with van der Waals surface area (Å²) in [5, 5.41) is 11.6. The maximum atomic E-state index is 12.0. The maximum absolute atomic E-state index is 12.0. The number of H-pyrrole nitrogens is 1. The molecule has 0 amide bonds. The van der Waals surface area contributed by atoms with E-state index in [1.807, 2.05) is 0 Å². The van der Waals surface area contributed by atoms with Gasteiger partial charge in [0.05, 0.1) is 20.8 Å². The van der Waals surface area contributed by atoms with Gasteiger partial charge in [0.2, 0.25) is 0 Å². The minimum Gasteiger partial charge on any atom is -0.306 e. The van der Waals surface area contributed by atoms with Gasteiger partial charge in [0.1, 0.15) is 5.82 Å². The number of nitrogens with one attached hydrogen (secondary N) is 1. The number of para-hydroxylation sites is 1. The Morgan fingerprint density at radius 3 is 2.71 bits per heavy atom. The Hall–Kier alpha value is -2.73. The largest absolute Gasteiger partial charge is 0.306 e. The predicted molar refractivity (Wildman–Crippen MR) is 79.5 cm³/mol. The molecule has 7 heteroatoms. The molecular formula is C14H8ClN3O3. The van der Waals surface area contributed by atoms with Crippen molar-refractivity contribution in [2.75, 3.05) is 0 Å². The van der Waals surface area contributed by atoms with Crippen molar-refractivity contribution in [2.24, 2.45) is 0 Å². The number of fused-ring (bicyclic) bond motifs is 1. The molecule has 21 heavy (non-hydrogen) atoms. The predicted octanol–water partition coefficient (Wildman–Crippen LogP) is 3.15. The monoisotopic (exact) mass is 301 g/mol. The molecule has 0 aliphatic rings. The highest BCUT2D eigenvalue weighted by Gasteiger charge is 2.14. The van der Waals surface area contributed by atoms with Crippen LogP contribution in [0.25, 0.3) is 22.3 Å². The number of aromatic amines is 1. The minimum atomic E-state index is -0.529. The van der Waals surface area contributed by atoms with Gasteiger partial charge < -0.3 is 4.98 Å². The third kappa shape index (κ3) is 2.36. The van der Waals surface area contributed by atoms with Crippen LogP contribution in [0.3, 0.4) is 0 Å². The summed E-state index contributed by atoms with van der Waals surface area (Å²) in [4.78, 5) is 29.3. The number of nitro groups is 1. The molecule has 3 aromatic rings.